The van der Waals surface area contributed by atoms with Crippen LogP contribution in [0.2, 0.25) is 5.02 Å². The van der Waals surface area contributed by atoms with Crippen LogP contribution in [0.1, 0.15) is 37.4 Å². The summed E-state index contributed by atoms with van der Waals surface area (Å²) in [4.78, 5) is 23.3. The fraction of sp³-hybridized carbons (Fsp3) is 0.450. The number of nitrogens with two attached hydrogens (primary N) is 1. The van der Waals surface area contributed by atoms with E-state index in [1.165, 1.54) is 5.56 Å². The molecule has 1 atom stereocenters. The fourth-order valence-corrected chi connectivity index (χ4v) is 4.17. The van der Waals surface area contributed by atoms with Crippen LogP contribution >= 0.6 is 11.6 Å². The van der Waals surface area contributed by atoms with E-state index in [9.17, 15) is 4.79 Å². The number of carbonyl (C=O) groups excluding carboxylic acids is 1. The Morgan fingerprint density at radius 2 is 2.14 bits per heavy atom. The number of halogens is 1. The lowest BCUT2D eigenvalue weighted by atomic mass is 10.0. The van der Waals surface area contributed by atoms with Crippen LogP contribution in [0.4, 0.5) is 23.1 Å². The lowest BCUT2D eigenvalue weighted by Crippen LogP contribution is -2.47. The second kappa shape index (κ2) is 7.83. The first-order chi connectivity index (χ1) is 13.5. The minimum Gasteiger partial charge on any atom is -0.397 e. The van der Waals surface area contributed by atoms with E-state index in [4.69, 9.17) is 27.3 Å². The number of carbonyl (C=O) groups is 1. The van der Waals surface area contributed by atoms with Crippen LogP contribution in [0.25, 0.3) is 0 Å². The monoisotopic (exact) mass is 400 g/mol. The molecule has 1 fully saturated rings. The zero-order valence-electron chi connectivity index (χ0n) is 16.0. The van der Waals surface area contributed by atoms with Crippen LogP contribution in [-0.4, -0.2) is 35.0 Å². The Hall–Kier alpha value is -2.54. The molecule has 0 unspecified atom stereocenters. The Morgan fingerprint density at radius 3 is 2.93 bits per heavy atom. The number of anilines is 4. The first-order valence-corrected chi connectivity index (χ1v) is 10.1. The van der Waals surface area contributed by atoms with Gasteiger partial charge >= 0.3 is 0 Å². The van der Waals surface area contributed by atoms with E-state index in [2.05, 4.69) is 15.5 Å². The van der Waals surface area contributed by atoms with E-state index < -0.39 is 0 Å². The maximum atomic E-state index is 11.5. The maximum Gasteiger partial charge on any atom is 0.229 e. The number of hydrogen-bond acceptors (Lipinski definition) is 6. The minimum absolute atomic E-state index is 0.0162. The molecule has 1 aromatic carbocycles. The number of rotatable bonds is 4. The molecule has 1 amide bonds. The summed E-state index contributed by atoms with van der Waals surface area (Å²) in [5.74, 6) is 1.57. The smallest absolute Gasteiger partial charge is 0.229 e. The molecule has 4 N–H and O–H groups in total. The molecule has 0 saturated carbocycles. The molecule has 2 heterocycles. The number of piperidine rings is 1. The zero-order valence-corrected chi connectivity index (χ0v) is 16.7. The van der Waals surface area contributed by atoms with Crippen LogP contribution in [0.3, 0.4) is 0 Å². The van der Waals surface area contributed by atoms with Gasteiger partial charge in [-0.25, -0.2) is 4.98 Å². The summed E-state index contributed by atoms with van der Waals surface area (Å²) in [6.45, 7) is 3.28. The number of nitrogen functional groups attached to an aromatic ring is 1. The predicted molar refractivity (Wildman–Crippen MR) is 112 cm³/mol. The average molecular weight is 401 g/mol. The van der Waals surface area contributed by atoms with E-state index in [1.54, 1.807) is 19.1 Å². The van der Waals surface area contributed by atoms with Crippen molar-refractivity contribution in [1.82, 2.24) is 15.3 Å². The first-order valence-electron chi connectivity index (χ1n) is 9.73. The van der Waals surface area contributed by atoms with Gasteiger partial charge in [0.05, 0.1) is 16.4 Å². The van der Waals surface area contributed by atoms with Gasteiger partial charge in [0.1, 0.15) is 5.82 Å². The van der Waals surface area contributed by atoms with Crippen LogP contribution in [0.5, 0.6) is 0 Å². The van der Waals surface area contributed by atoms with Gasteiger partial charge in [0.25, 0.3) is 0 Å². The highest BCUT2D eigenvalue weighted by atomic mass is 35.5. The number of nitrogens with one attached hydrogen (secondary N) is 2. The van der Waals surface area contributed by atoms with E-state index >= 15 is 0 Å². The third-order valence-electron chi connectivity index (χ3n) is 5.29. The molecule has 2 aromatic rings. The molecule has 8 heteroatoms. The highest BCUT2D eigenvalue weighted by molar-refractivity contribution is 6.33. The van der Waals surface area contributed by atoms with Crippen LogP contribution in [0, 0.1) is 0 Å². The molecular formula is C20H25ClN6O. The van der Waals surface area contributed by atoms with Crippen molar-refractivity contribution >= 4 is 40.6 Å². The number of aromatic nitrogens is 2. The summed E-state index contributed by atoms with van der Waals surface area (Å²) in [5, 5.41) is 6.84. The molecular weight excluding hydrogens is 376 g/mol. The zero-order chi connectivity index (χ0) is 19.7. The Labute approximate surface area is 169 Å². The molecule has 0 radical (unpaired) electrons. The topological polar surface area (TPSA) is 96.2 Å². The second-order valence-electron chi connectivity index (χ2n) is 7.50. The molecule has 0 bridgehead atoms. The van der Waals surface area contributed by atoms with Crippen molar-refractivity contribution in [2.75, 3.05) is 29.0 Å². The number of benzene rings is 1. The number of nitrogens with zero attached hydrogens (tertiary/aromatic N) is 3. The van der Waals surface area contributed by atoms with Crippen molar-refractivity contribution in [3.05, 3.63) is 34.5 Å². The van der Waals surface area contributed by atoms with Crippen molar-refractivity contribution in [1.29, 1.82) is 0 Å². The highest BCUT2D eigenvalue weighted by Crippen LogP contribution is 2.32. The van der Waals surface area contributed by atoms with Crippen molar-refractivity contribution in [3.63, 3.8) is 0 Å². The molecule has 0 spiro atoms. The van der Waals surface area contributed by atoms with Crippen molar-refractivity contribution in [2.45, 2.75) is 45.1 Å². The third-order valence-corrected chi connectivity index (χ3v) is 5.64. The summed E-state index contributed by atoms with van der Waals surface area (Å²) in [7, 11) is 0. The van der Waals surface area contributed by atoms with E-state index in [0.29, 0.717) is 16.7 Å². The quantitative estimate of drug-likeness (QED) is 0.682. The van der Waals surface area contributed by atoms with Crippen molar-refractivity contribution in [3.8, 4) is 0 Å². The second-order valence-corrected chi connectivity index (χ2v) is 7.90. The van der Waals surface area contributed by atoms with Gasteiger partial charge in [-0.3, -0.25) is 4.79 Å². The number of fused-ring (bicyclic) bond motifs is 1. The molecule has 1 aliphatic heterocycles. The van der Waals surface area contributed by atoms with Gasteiger partial charge in [0.15, 0.2) is 0 Å². The van der Waals surface area contributed by atoms with Gasteiger partial charge in [-0.1, -0.05) is 11.6 Å². The van der Waals surface area contributed by atoms with E-state index in [0.717, 1.165) is 62.4 Å². The van der Waals surface area contributed by atoms with Crippen molar-refractivity contribution in [2.24, 2.45) is 0 Å². The molecule has 28 heavy (non-hydrogen) atoms. The lowest BCUT2D eigenvalue weighted by Gasteiger charge is -2.35. The Balaban J connectivity index is 1.62. The van der Waals surface area contributed by atoms with Crippen LogP contribution < -0.4 is 21.3 Å². The Morgan fingerprint density at radius 1 is 1.29 bits per heavy atom. The SMILES string of the molecule is CC(=O)N[C@@H]1CCCN(c2nc(Nc3ccc(Cl)c(N)c3)nc3c2CCC3)C1. The Kier molecular flexibility index (Phi) is 5.26. The summed E-state index contributed by atoms with van der Waals surface area (Å²) in [6.07, 6.45) is 5.08. The standard InChI is InChI=1S/C20H25ClN6O/c1-12(28)23-14-4-3-9-27(11-14)19-15-5-2-6-18(15)25-20(26-19)24-13-7-8-16(21)17(22)10-13/h7-8,10,14H,2-6,9,11,22H2,1H3,(H,23,28)(H,24,25,26)/t14-/m1/s1. The Bertz CT molecular complexity index is 903. The molecule has 1 saturated heterocycles. The number of hydrogen-bond donors (Lipinski definition) is 3. The number of aryl methyl sites for hydroxylation is 1. The number of amides is 1. The van der Waals surface area contributed by atoms with Crippen LogP contribution in [0.15, 0.2) is 18.2 Å². The van der Waals surface area contributed by atoms with Gasteiger partial charge in [-0.15, -0.1) is 0 Å². The average Bonchev–Trinajstić information content (AvgIpc) is 3.12. The summed E-state index contributed by atoms with van der Waals surface area (Å²) >= 11 is 6.02. The predicted octanol–water partition coefficient (Wildman–Crippen LogP) is 3.05. The minimum atomic E-state index is 0.0162. The molecule has 7 nitrogen and oxygen atoms in total. The largest absolute Gasteiger partial charge is 0.397 e. The molecule has 1 aliphatic carbocycles. The van der Waals surface area contributed by atoms with Gasteiger partial charge < -0.3 is 21.3 Å². The fourth-order valence-electron chi connectivity index (χ4n) is 4.06. The first kappa shape index (κ1) is 18.8. The summed E-state index contributed by atoms with van der Waals surface area (Å²) in [6, 6.07) is 5.57. The molecule has 4 rings (SSSR count). The molecule has 2 aliphatic rings. The van der Waals surface area contributed by atoms with Gasteiger partial charge in [0, 0.05) is 37.3 Å². The highest BCUT2D eigenvalue weighted by Gasteiger charge is 2.27. The van der Waals surface area contributed by atoms with E-state index in [-0.39, 0.29) is 11.9 Å². The van der Waals surface area contributed by atoms with Crippen molar-refractivity contribution < 1.29 is 4.79 Å². The van der Waals surface area contributed by atoms with E-state index in [1.807, 2.05) is 6.07 Å². The maximum absolute atomic E-state index is 11.5. The normalized spacial score (nSPS) is 18.6. The van der Waals surface area contributed by atoms with Gasteiger partial charge in [0.2, 0.25) is 11.9 Å². The summed E-state index contributed by atoms with van der Waals surface area (Å²) < 4.78 is 0. The molecule has 1 aromatic heterocycles. The summed E-state index contributed by atoms with van der Waals surface area (Å²) in [5.41, 5.74) is 9.58. The van der Waals surface area contributed by atoms with Crippen LogP contribution in [-0.2, 0) is 17.6 Å². The van der Waals surface area contributed by atoms with Gasteiger partial charge in [-0.2, -0.15) is 4.98 Å². The lowest BCUT2D eigenvalue weighted by molar-refractivity contribution is -0.119. The molecule has 148 valence electrons. The van der Waals surface area contributed by atoms with Gasteiger partial charge in [-0.05, 0) is 50.3 Å². The third kappa shape index (κ3) is 3.99.